The van der Waals surface area contributed by atoms with E-state index >= 15 is 0 Å². The zero-order chi connectivity index (χ0) is 17.6. The highest BCUT2D eigenvalue weighted by molar-refractivity contribution is 5.95. The lowest BCUT2D eigenvalue weighted by molar-refractivity contribution is -0.116. The van der Waals surface area contributed by atoms with Crippen LogP contribution in [-0.4, -0.2) is 26.9 Å². The first kappa shape index (κ1) is 15.6. The van der Waals surface area contributed by atoms with Gasteiger partial charge < -0.3 is 24.3 Å². The number of carbonyl (C=O) groups is 1. The number of benzene rings is 2. The Hall–Kier alpha value is -2.89. The van der Waals surface area contributed by atoms with E-state index in [-0.39, 0.29) is 18.6 Å². The van der Waals surface area contributed by atoms with Crippen molar-refractivity contribution in [3.8, 4) is 23.0 Å². The van der Waals surface area contributed by atoms with E-state index in [2.05, 4.69) is 11.4 Å². The van der Waals surface area contributed by atoms with E-state index < -0.39 is 0 Å². The molecule has 1 atom stereocenters. The summed E-state index contributed by atoms with van der Waals surface area (Å²) in [6.45, 7) is 2.17. The van der Waals surface area contributed by atoms with E-state index in [1.807, 2.05) is 25.1 Å². The monoisotopic (exact) mass is 341 g/mol. The third kappa shape index (κ3) is 2.54. The number of hydrogen-bond donors (Lipinski definition) is 1. The molecule has 2 aliphatic rings. The fourth-order valence-corrected chi connectivity index (χ4v) is 3.47. The number of nitrogens with one attached hydrogen (secondary N) is 1. The second kappa shape index (κ2) is 5.88. The summed E-state index contributed by atoms with van der Waals surface area (Å²) in [5.41, 5.74) is 3.82. The van der Waals surface area contributed by atoms with Gasteiger partial charge in [0.05, 0.1) is 14.2 Å². The standard InChI is InChI=1S/C19H19NO5/c1-10-4-13-12(7-18(21)20-14(13)8-15(10)22-2)11-5-16(23-3)19-17(6-11)24-9-25-19/h4-6,8,12H,7,9H2,1-3H3,(H,20,21). The van der Waals surface area contributed by atoms with Crippen molar-refractivity contribution in [2.24, 2.45) is 0 Å². The molecule has 0 fully saturated rings. The van der Waals surface area contributed by atoms with Crippen LogP contribution in [0.3, 0.4) is 0 Å². The lowest BCUT2D eigenvalue weighted by Gasteiger charge is -2.27. The molecule has 1 amide bonds. The van der Waals surface area contributed by atoms with Crippen molar-refractivity contribution >= 4 is 11.6 Å². The maximum absolute atomic E-state index is 12.2. The van der Waals surface area contributed by atoms with Gasteiger partial charge in [-0.1, -0.05) is 0 Å². The molecule has 130 valence electrons. The molecule has 4 rings (SSSR count). The van der Waals surface area contributed by atoms with Crippen molar-refractivity contribution in [3.63, 3.8) is 0 Å². The van der Waals surface area contributed by atoms with Crippen LogP contribution in [0.15, 0.2) is 24.3 Å². The molecule has 1 unspecified atom stereocenters. The Balaban J connectivity index is 1.85. The van der Waals surface area contributed by atoms with Gasteiger partial charge in [-0.2, -0.15) is 0 Å². The van der Waals surface area contributed by atoms with E-state index in [4.69, 9.17) is 18.9 Å². The number of rotatable bonds is 3. The van der Waals surface area contributed by atoms with E-state index in [0.717, 1.165) is 28.1 Å². The normalized spacial score (nSPS) is 17.7. The van der Waals surface area contributed by atoms with Gasteiger partial charge in [0.1, 0.15) is 5.75 Å². The summed E-state index contributed by atoms with van der Waals surface area (Å²) in [5, 5.41) is 2.94. The molecular weight excluding hydrogens is 322 g/mol. The Morgan fingerprint density at radius 2 is 1.88 bits per heavy atom. The maximum atomic E-state index is 12.2. The SMILES string of the molecule is COc1cc2c(cc1C)C(c1cc(OC)c3c(c1)OCO3)CC(=O)N2. The maximum Gasteiger partial charge on any atom is 0.231 e. The van der Waals surface area contributed by atoms with Gasteiger partial charge in [0.25, 0.3) is 0 Å². The molecule has 2 aromatic rings. The predicted octanol–water partition coefficient (Wildman–Crippen LogP) is 3.22. The number of ether oxygens (including phenoxy) is 4. The van der Waals surface area contributed by atoms with Gasteiger partial charge in [0.15, 0.2) is 11.5 Å². The molecule has 0 radical (unpaired) electrons. The van der Waals surface area contributed by atoms with Gasteiger partial charge in [0, 0.05) is 24.1 Å². The van der Waals surface area contributed by atoms with Crippen molar-refractivity contribution in [1.29, 1.82) is 0 Å². The first-order valence-electron chi connectivity index (χ1n) is 8.06. The summed E-state index contributed by atoms with van der Waals surface area (Å²) in [4.78, 5) is 12.2. The van der Waals surface area contributed by atoms with E-state index in [1.165, 1.54) is 0 Å². The number of anilines is 1. The van der Waals surface area contributed by atoms with Crippen LogP contribution in [-0.2, 0) is 4.79 Å². The lowest BCUT2D eigenvalue weighted by atomic mass is 9.83. The molecule has 0 aromatic heterocycles. The van der Waals surface area contributed by atoms with Crippen LogP contribution in [0, 0.1) is 6.92 Å². The molecular formula is C19H19NO5. The van der Waals surface area contributed by atoms with Crippen molar-refractivity contribution in [1.82, 2.24) is 0 Å². The van der Waals surface area contributed by atoms with Crippen molar-refractivity contribution < 1.29 is 23.7 Å². The Kier molecular flexibility index (Phi) is 3.67. The first-order valence-corrected chi connectivity index (χ1v) is 8.06. The zero-order valence-corrected chi connectivity index (χ0v) is 14.3. The molecule has 2 heterocycles. The van der Waals surface area contributed by atoms with Crippen LogP contribution < -0.4 is 24.3 Å². The molecule has 0 aliphatic carbocycles. The minimum absolute atomic E-state index is 0.0277. The second-order valence-electron chi connectivity index (χ2n) is 6.17. The molecule has 6 nitrogen and oxygen atoms in total. The van der Waals surface area contributed by atoms with Crippen molar-refractivity contribution in [3.05, 3.63) is 41.0 Å². The van der Waals surface area contributed by atoms with Gasteiger partial charge in [-0.15, -0.1) is 0 Å². The molecule has 0 bridgehead atoms. The van der Waals surface area contributed by atoms with Crippen LogP contribution in [0.2, 0.25) is 0 Å². The number of aryl methyl sites for hydroxylation is 1. The summed E-state index contributed by atoms with van der Waals surface area (Å²) in [5.74, 6) is 2.51. The van der Waals surface area contributed by atoms with Gasteiger partial charge in [-0.25, -0.2) is 0 Å². The Morgan fingerprint density at radius 3 is 2.64 bits per heavy atom. The van der Waals surface area contributed by atoms with E-state index in [1.54, 1.807) is 14.2 Å². The number of fused-ring (bicyclic) bond motifs is 2. The smallest absolute Gasteiger partial charge is 0.231 e. The Morgan fingerprint density at radius 1 is 1.08 bits per heavy atom. The summed E-state index contributed by atoms with van der Waals surface area (Å²) in [6.07, 6.45) is 0.363. The summed E-state index contributed by atoms with van der Waals surface area (Å²) in [6, 6.07) is 7.78. The number of hydrogen-bond acceptors (Lipinski definition) is 5. The molecule has 1 N–H and O–H groups in total. The average molecular weight is 341 g/mol. The molecule has 0 spiro atoms. The van der Waals surface area contributed by atoms with Crippen molar-refractivity contribution in [2.45, 2.75) is 19.3 Å². The largest absolute Gasteiger partial charge is 0.496 e. The van der Waals surface area contributed by atoms with Crippen LogP contribution in [0.5, 0.6) is 23.0 Å². The Labute approximate surface area is 145 Å². The third-order valence-corrected chi connectivity index (χ3v) is 4.69. The summed E-state index contributed by atoms with van der Waals surface area (Å²) < 4.78 is 21.8. The number of carbonyl (C=O) groups excluding carboxylic acids is 1. The predicted molar refractivity (Wildman–Crippen MR) is 91.9 cm³/mol. The summed E-state index contributed by atoms with van der Waals surface area (Å²) >= 11 is 0. The van der Waals surface area contributed by atoms with Crippen LogP contribution in [0.4, 0.5) is 5.69 Å². The van der Waals surface area contributed by atoms with E-state index in [0.29, 0.717) is 23.7 Å². The number of methoxy groups -OCH3 is 2. The van der Waals surface area contributed by atoms with Crippen molar-refractivity contribution in [2.75, 3.05) is 26.3 Å². The second-order valence-corrected chi connectivity index (χ2v) is 6.17. The number of amides is 1. The molecule has 2 aromatic carbocycles. The fraction of sp³-hybridized carbons (Fsp3) is 0.316. The Bertz CT molecular complexity index is 861. The van der Waals surface area contributed by atoms with Crippen LogP contribution in [0.25, 0.3) is 0 Å². The lowest BCUT2D eigenvalue weighted by Crippen LogP contribution is -2.23. The topological polar surface area (TPSA) is 66.0 Å². The zero-order valence-electron chi connectivity index (χ0n) is 14.3. The highest BCUT2D eigenvalue weighted by atomic mass is 16.7. The highest BCUT2D eigenvalue weighted by Gasteiger charge is 2.30. The van der Waals surface area contributed by atoms with Crippen LogP contribution >= 0.6 is 0 Å². The molecule has 2 aliphatic heterocycles. The fourth-order valence-electron chi connectivity index (χ4n) is 3.47. The van der Waals surface area contributed by atoms with Crippen LogP contribution in [0.1, 0.15) is 29.0 Å². The quantitative estimate of drug-likeness (QED) is 0.928. The van der Waals surface area contributed by atoms with E-state index in [9.17, 15) is 4.79 Å². The first-order chi connectivity index (χ1) is 12.1. The third-order valence-electron chi connectivity index (χ3n) is 4.69. The minimum atomic E-state index is -0.0863. The average Bonchev–Trinajstić information content (AvgIpc) is 3.08. The minimum Gasteiger partial charge on any atom is -0.496 e. The molecule has 25 heavy (non-hydrogen) atoms. The highest BCUT2D eigenvalue weighted by Crippen LogP contribution is 2.47. The molecule has 0 saturated carbocycles. The molecule has 0 saturated heterocycles. The van der Waals surface area contributed by atoms with Gasteiger partial charge in [-0.05, 0) is 41.8 Å². The van der Waals surface area contributed by atoms with Gasteiger partial charge in [-0.3, -0.25) is 4.79 Å². The van der Waals surface area contributed by atoms with Gasteiger partial charge in [0.2, 0.25) is 18.4 Å². The molecule has 6 heteroatoms. The summed E-state index contributed by atoms with van der Waals surface area (Å²) in [7, 11) is 3.22. The van der Waals surface area contributed by atoms with Gasteiger partial charge >= 0.3 is 0 Å².